The molecule has 1 aliphatic rings. The molecule has 1 rings (SSSR count). The highest BCUT2D eigenvalue weighted by Crippen LogP contribution is 2.17. The largest absolute Gasteiger partial charge is 0.390 e. The third-order valence-corrected chi connectivity index (χ3v) is 1.69. The molecule has 10 heavy (non-hydrogen) atoms. The number of ether oxygens (including phenoxy) is 1. The summed E-state index contributed by atoms with van der Waals surface area (Å²) in [5.41, 5.74) is 0. The average molecular weight is 148 g/mol. The minimum atomic E-state index is -0.937. The maximum absolute atomic E-state index is 9.08. The van der Waals surface area contributed by atoms with E-state index in [4.69, 9.17) is 20.1 Å². The van der Waals surface area contributed by atoms with Crippen molar-refractivity contribution in [1.29, 1.82) is 0 Å². The van der Waals surface area contributed by atoms with Crippen LogP contribution in [0.3, 0.4) is 0 Å². The Bertz CT molecular complexity index is 104. The molecule has 0 radical (unpaired) electrons. The third kappa shape index (κ3) is 1.46. The lowest BCUT2D eigenvalue weighted by atomic mass is 10.0. The Kier molecular flexibility index (Phi) is 2.25. The van der Waals surface area contributed by atoms with Crippen molar-refractivity contribution in [2.45, 2.75) is 37.9 Å². The van der Waals surface area contributed by atoms with Crippen LogP contribution in [0, 0.1) is 0 Å². The van der Waals surface area contributed by atoms with Gasteiger partial charge in [0.05, 0.1) is 12.2 Å². The van der Waals surface area contributed by atoms with Crippen LogP contribution >= 0.6 is 0 Å². The van der Waals surface area contributed by atoms with Crippen LogP contribution in [0.2, 0.25) is 0 Å². The average Bonchev–Trinajstić information content (AvgIpc) is 1.82. The lowest BCUT2D eigenvalue weighted by Gasteiger charge is -2.32. The molecule has 3 N–H and O–H groups in total. The summed E-state index contributed by atoms with van der Waals surface area (Å²) in [5, 5.41) is 27.0. The zero-order chi connectivity index (χ0) is 7.72. The lowest BCUT2D eigenvalue weighted by Crippen LogP contribution is -2.46. The summed E-state index contributed by atoms with van der Waals surface area (Å²) >= 11 is 0. The summed E-state index contributed by atoms with van der Waals surface area (Å²) in [6.07, 6.45) is -3.07. The van der Waals surface area contributed by atoms with Gasteiger partial charge in [-0.25, -0.2) is 0 Å². The summed E-state index contributed by atoms with van der Waals surface area (Å²) in [5.74, 6) is 0. The smallest absolute Gasteiger partial charge is 0.157 e. The van der Waals surface area contributed by atoms with Gasteiger partial charge in [-0.2, -0.15) is 0 Å². The number of aliphatic hydroxyl groups excluding tert-OH is 3. The van der Waals surface area contributed by atoms with Crippen molar-refractivity contribution in [3.8, 4) is 0 Å². The second-order valence-electron chi connectivity index (χ2n) is 2.59. The first kappa shape index (κ1) is 7.94. The van der Waals surface area contributed by atoms with Gasteiger partial charge >= 0.3 is 0 Å². The van der Waals surface area contributed by atoms with Gasteiger partial charge in [-0.1, -0.05) is 0 Å². The van der Waals surface area contributed by atoms with Gasteiger partial charge in [-0.3, -0.25) is 0 Å². The van der Waals surface area contributed by atoms with E-state index in [1.165, 1.54) is 0 Å². The molecule has 0 unspecified atom stereocenters. The molecule has 4 heteroatoms. The van der Waals surface area contributed by atoms with Crippen LogP contribution in [-0.2, 0) is 4.74 Å². The predicted octanol–water partition coefficient (Wildman–Crippen LogP) is -1.16. The van der Waals surface area contributed by atoms with Gasteiger partial charge < -0.3 is 20.1 Å². The molecule has 0 aromatic heterocycles. The van der Waals surface area contributed by atoms with Crippen LogP contribution in [0.25, 0.3) is 0 Å². The van der Waals surface area contributed by atoms with E-state index in [0.717, 1.165) is 0 Å². The van der Waals surface area contributed by atoms with E-state index in [1.807, 2.05) is 0 Å². The minimum Gasteiger partial charge on any atom is -0.390 e. The molecule has 1 saturated heterocycles. The SMILES string of the molecule is C[C@H]1O[C@@H](O)C[C@H](O)[C@@H]1O. The van der Waals surface area contributed by atoms with E-state index in [0.29, 0.717) is 0 Å². The number of aliphatic hydroxyl groups is 3. The Morgan fingerprint density at radius 3 is 2.40 bits per heavy atom. The fraction of sp³-hybridized carbons (Fsp3) is 1.00. The fourth-order valence-electron chi connectivity index (χ4n) is 1.04. The summed E-state index contributed by atoms with van der Waals surface area (Å²) in [6.45, 7) is 1.61. The van der Waals surface area contributed by atoms with Gasteiger partial charge in [-0.05, 0) is 6.92 Å². The van der Waals surface area contributed by atoms with E-state index in [2.05, 4.69) is 0 Å². The van der Waals surface area contributed by atoms with Gasteiger partial charge in [0.15, 0.2) is 6.29 Å². The van der Waals surface area contributed by atoms with Crippen molar-refractivity contribution < 1.29 is 20.1 Å². The second kappa shape index (κ2) is 2.84. The maximum Gasteiger partial charge on any atom is 0.157 e. The van der Waals surface area contributed by atoms with Crippen molar-refractivity contribution in [3.63, 3.8) is 0 Å². The Hall–Kier alpha value is -0.160. The Morgan fingerprint density at radius 1 is 1.30 bits per heavy atom. The Balaban J connectivity index is 2.49. The first-order chi connectivity index (χ1) is 4.61. The normalized spacial score (nSPS) is 49.2. The second-order valence-corrected chi connectivity index (χ2v) is 2.59. The standard InChI is InChI=1S/C6H12O4/c1-3-6(9)4(7)2-5(8)10-3/h3-9H,2H2,1H3/t3-,4+,5-,6-/m1/s1. The highest BCUT2D eigenvalue weighted by molar-refractivity contribution is 4.78. The molecule has 4 nitrogen and oxygen atoms in total. The number of hydrogen-bond donors (Lipinski definition) is 3. The summed E-state index contributed by atoms with van der Waals surface area (Å²) in [6, 6.07) is 0. The Labute approximate surface area is 59.1 Å². The van der Waals surface area contributed by atoms with E-state index in [-0.39, 0.29) is 6.42 Å². The van der Waals surface area contributed by atoms with Crippen LogP contribution in [0.4, 0.5) is 0 Å². The molecular formula is C6H12O4. The van der Waals surface area contributed by atoms with Gasteiger partial charge in [0.2, 0.25) is 0 Å². The number of hydrogen-bond acceptors (Lipinski definition) is 4. The van der Waals surface area contributed by atoms with Gasteiger partial charge in [0.25, 0.3) is 0 Å². The molecule has 1 heterocycles. The molecule has 60 valence electrons. The first-order valence-corrected chi connectivity index (χ1v) is 3.31. The number of rotatable bonds is 0. The summed E-state index contributed by atoms with van der Waals surface area (Å²) in [4.78, 5) is 0. The van der Waals surface area contributed by atoms with Crippen molar-refractivity contribution >= 4 is 0 Å². The molecule has 4 atom stereocenters. The molecule has 0 aliphatic carbocycles. The highest BCUT2D eigenvalue weighted by atomic mass is 16.6. The molecule has 0 bridgehead atoms. The van der Waals surface area contributed by atoms with E-state index in [9.17, 15) is 0 Å². The Morgan fingerprint density at radius 2 is 1.90 bits per heavy atom. The topological polar surface area (TPSA) is 69.9 Å². The first-order valence-electron chi connectivity index (χ1n) is 3.31. The molecule has 0 aromatic rings. The van der Waals surface area contributed by atoms with E-state index >= 15 is 0 Å². The van der Waals surface area contributed by atoms with E-state index in [1.54, 1.807) is 6.92 Å². The fourth-order valence-corrected chi connectivity index (χ4v) is 1.04. The van der Waals surface area contributed by atoms with Crippen molar-refractivity contribution in [2.75, 3.05) is 0 Å². The van der Waals surface area contributed by atoms with Crippen molar-refractivity contribution in [3.05, 3.63) is 0 Å². The predicted molar refractivity (Wildman–Crippen MR) is 33.2 cm³/mol. The van der Waals surface area contributed by atoms with Gasteiger partial charge in [0.1, 0.15) is 6.10 Å². The molecular weight excluding hydrogens is 136 g/mol. The van der Waals surface area contributed by atoms with Crippen LogP contribution in [-0.4, -0.2) is 39.9 Å². The molecule has 1 fully saturated rings. The van der Waals surface area contributed by atoms with E-state index < -0.39 is 24.6 Å². The zero-order valence-electron chi connectivity index (χ0n) is 5.77. The zero-order valence-corrected chi connectivity index (χ0v) is 5.77. The van der Waals surface area contributed by atoms with Crippen LogP contribution < -0.4 is 0 Å². The summed E-state index contributed by atoms with van der Waals surface area (Å²) < 4.78 is 4.81. The minimum absolute atomic E-state index is 0.0888. The molecule has 0 aromatic carbocycles. The van der Waals surface area contributed by atoms with Crippen molar-refractivity contribution in [2.24, 2.45) is 0 Å². The maximum atomic E-state index is 9.08. The lowest BCUT2D eigenvalue weighted by molar-refractivity contribution is -0.226. The van der Waals surface area contributed by atoms with Crippen LogP contribution in [0.15, 0.2) is 0 Å². The third-order valence-electron chi connectivity index (χ3n) is 1.69. The van der Waals surface area contributed by atoms with Crippen molar-refractivity contribution in [1.82, 2.24) is 0 Å². The molecule has 0 saturated carbocycles. The molecule has 1 aliphatic heterocycles. The summed E-state index contributed by atoms with van der Waals surface area (Å²) in [7, 11) is 0. The monoisotopic (exact) mass is 148 g/mol. The quantitative estimate of drug-likeness (QED) is 0.405. The highest BCUT2D eigenvalue weighted by Gasteiger charge is 2.32. The molecule has 0 spiro atoms. The van der Waals surface area contributed by atoms with Crippen LogP contribution in [0.1, 0.15) is 13.3 Å². The van der Waals surface area contributed by atoms with Crippen LogP contribution in [0.5, 0.6) is 0 Å². The molecule has 0 amide bonds. The van der Waals surface area contributed by atoms with Gasteiger partial charge in [-0.15, -0.1) is 0 Å². The van der Waals surface area contributed by atoms with Gasteiger partial charge in [0, 0.05) is 6.42 Å².